The first kappa shape index (κ1) is 22.8. The van der Waals surface area contributed by atoms with Crippen molar-refractivity contribution in [2.45, 2.75) is 65.7 Å². The van der Waals surface area contributed by atoms with Crippen molar-refractivity contribution in [2.24, 2.45) is 0 Å². The van der Waals surface area contributed by atoms with Crippen LogP contribution in [0, 0.1) is 0 Å². The summed E-state index contributed by atoms with van der Waals surface area (Å²) in [5, 5.41) is 0. The molecule has 0 N–H and O–H groups in total. The number of unbranched alkanes of at least 4 members (excludes halogenated alkanes) is 3. The average molecular weight is 407 g/mol. The van der Waals surface area contributed by atoms with E-state index in [9.17, 15) is 9.59 Å². The SMILES string of the molecule is CCCCOC(=O)/C=C(\CCCC)C(=O)OCCCC.[SnH4]. The minimum absolute atomic E-state index is 0. The van der Waals surface area contributed by atoms with Gasteiger partial charge in [0.25, 0.3) is 0 Å². The summed E-state index contributed by atoms with van der Waals surface area (Å²) in [4.78, 5) is 23.5. The van der Waals surface area contributed by atoms with Gasteiger partial charge in [-0.3, -0.25) is 0 Å². The van der Waals surface area contributed by atoms with Crippen LogP contribution in [0.1, 0.15) is 65.7 Å². The van der Waals surface area contributed by atoms with Crippen molar-refractivity contribution < 1.29 is 19.1 Å². The molecular formula is C16H32O4Sn. The van der Waals surface area contributed by atoms with Gasteiger partial charge in [0.2, 0.25) is 0 Å². The molecule has 0 radical (unpaired) electrons. The van der Waals surface area contributed by atoms with Gasteiger partial charge in [0, 0.05) is 11.6 Å². The summed E-state index contributed by atoms with van der Waals surface area (Å²) < 4.78 is 10.2. The van der Waals surface area contributed by atoms with Crippen LogP contribution in [0.25, 0.3) is 0 Å². The van der Waals surface area contributed by atoms with E-state index >= 15 is 0 Å². The van der Waals surface area contributed by atoms with Crippen molar-refractivity contribution in [3.05, 3.63) is 11.6 Å². The first-order valence-corrected chi connectivity index (χ1v) is 7.70. The minimum atomic E-state index is -0.447. The molecule has 0 aromatic heterocycles. The molecule has 0 aliphatic rings. The second-order valence-corrected chi connectivity index (χ2v) is 4.78. The topological polar surface area (TPSA) is 52.6 Å². The van der Waals surface area contributed by atoms with Crippen LogP contribution in [0.5, 0.6) is 0 Å². The molecule has 0 aliphatic carbocycles. The number of ether oxygens (including phenoxy) is 2. The van der Waals surface area contributed by atoms with Gasteiger partial charge in [-0.05, 0) is 25.7 Å². The Bertz CT molecular complexity index is 313. The second kappa shape index (κ2) is 15.9. The Hall–Kier alpha value is -0.521. The van der Waals surface area contributed by atoms with Crippen LogP contribution in [-0.4, -0.2) is 49.1 Å². The van der Waals surface area contributed by atoms with Crippen LogP contribution in [0.4, 0.5) is 0 Å². The zero-order chi connectivity index (χ0) is 15.2. The van der Waals surface area contributed by atoms with Crippen LogP contribution >= 0.6 is 0 Å². The van der Waals surface area contributed by atoms with Crippen molar-refractivity contribution in [3.63, 3.8) is 0 Å². The number of rotatable bonds is 11. The van der Waals surface area contributed by atoms with Crippen LogP contribution in [-0.2, 0) is 19.1 Å². The van der Waals surface area contributed by atoms with E-state index in [2.05, 4.69) is 0 Å². The van der Waals surface area contributed by atoms with E-state index in [-0.39, 0.29) is 29.9 Å². The average Bonchev–Trinajstić information content (AvgIpc) is 2.43. The van der Waals surface area contributed by atoms with Crippen molar-refractivity contribution in [3.8, 4) is 0 Å². The molecule has 0 heterocycles. The fourth-order valence-electron chi connectivity index (χ4n) is 1.50. The molecule has 0 amide bonds. The Morgan fingerprint density at radius 3 is 1.90 bits per heavy atom. The third-order valence-electron chi connectivity index (χ3n) is 2.83. The Morgan fingerprint density at radius 1 is 0.857 bits per heavy atom. The van der Waals surface area contributed by atoms with E-state index in [1.807, 2.05) is 20.8 Å². The molecule has 4 nitrogen and oxygen atoms in total. The van der Waals surface area contributed by atoms with Gasteiger partial charge in [0.15, 0.2) is 0 Å². The predicted octanol–water partition coefficient (Wildman–Crippen LogP) is 2.34. The Labute approximate surface area is 145 Å². The molecule has 0 saturated heterocycles. The maximum atomic E-state index is 11.9. The molecule has 0 bridgehead atoms. The predicted molar refractivity (Wildman–Crippen MR) is 90.7 cm³/mol. The van der Waals surface area contributed by atoms with Gasteiger partial charge < -0.3 is 9.47 Å². The van der Waals surface area contributed by atoms with Gasteiger partial charge in [-0.2, -0.15) is 0 Å². The van der Waals surface area contributed by atoms with Crippen LogP contribution < -0.4 is 0 Å². The summed E-state index contributed by atoms with van der Waals surface area (Å²) in [7, 11) is 0. The van der Waals surface area contributed by atoms with Gasteiger partial charge in [0.05, 0.1) is 13.2 Å². The Balaban J connectivity index is 0. The summed E-state index contributed by atoms with van der Waals surface area (Å²) >= 11 is 0. The number of carbonyl (C=O) groups is 2. The van der Waals surface area contributed by atoms with E-state index in [0.29, 0.717) is 25.2 Å². The maximum absolute atomic E-state index is 11.9. The Morgan fingerprint density at radius 2 is 1.38 bits per heavy atom. The molecule has 0 rings (SSSR count). The normalized spacial score (nSPS) is 10.7. The fourth-order valence-corrected chi connectivity index (χ4v) is 1.50. The van der Waals surface area contributed by atoms with Crippen LogP contribution in [0.15, 0.2) is 11.6 Å². The Kier molecular flexibility index (Phi) is 17.2. The van der Waals surface area contributed by atoms with Crippen molar-refractivity contribution >= 4 is 35.8 Å². The summed E-state index contributed by atoms with van der Waals surface area (Å²) in [6, 6.07) is 0. The van der Waals surface area contributed by atoms with Crippen molar-refractivity contribution in [2.75, 3.05) is 13.2 Å². The monoisotopic (exact) mass is 408 g/mol. The standard InChI is InChI=1S/C16H28O4.Sn.4H/c1-4-7-10-14(16(18)20-12-9-6-3)13-15(17)19-11-8-5-2;;;;;/h13H,4-12H2,1-3H3;;;;;/b14-13+;;;;;. The first-order valence-electron chi connectivity index (χ1n) is 7.70. The third kappa shape index (κ3) is 12.9. The molecule has 0 aliphatic heterocycles. The molecule has 21 heavy (non-hydrogen) atoms. The molecule has 0 aromatic rings. The van der Waals surface area contributed by atoms with E-state index in [4.69, 9.17) is 9.47 Å². The molecule has 0 aromatic carbocycles. The van der Waals surface area contributed by atoms with E-state index in [1.54, 1.807) is 0 Å². The van der Waals surface area contributed by atoms with Gasteiger partial charge in [-0.1, -0.05) is 40.0 Å². The van der Waals surface area contributed by atoms with Crippen LogP contribution in [0.2, 0.25) is 0 Å². The third-order valence-corrected chi connectivity index (χ3v) is 2.83. The summed E-state index contributed by atoms with van der Waals surface area (Å²) in [5.41, 5.74) is 0.421. The molecule has 0 saturated carbocycles. The van der Waals surface area contributed by atoms with Gasteiger partial charge in [-0.15, -0.1) is 0 Å². The van der Waals surface area contributed by atoms with Crippen LogP contribution in [0.3, 0.4) is 0 Å². The zero-order valence-electron chi connectivity index (χ0n) is 13.1. The molecule has 0 spiro atoms. The summed E-state index contributed by atoms with van der Waals surface area (Å²) in [6.45, 7) is 6.91. The number of hydrogen-bond donors (Lipinski definition) is 0. The van der Waals surface area contributed by atoms with Crippen molar-refractivity contribution in [1.82, 2.24) is 0 Å². The van der Waals surface area contributed by atoms with E-state index in [1.165, 1.54) is 6.08 Å². The van der Waals surface area contributed by atoms with Gasteiger partial charge >= 0.3 is 35.8 Å². The molecule has 124 valence electrons. The summed E-state index contributed by atoms with van der Waals surface area (Å²) in [6.07, 6.45) is 7.29. The number of esters is 2. The van der Waals surface area contributed by atoms with Gasteiger partial charge in [-0.25, -0.2) is 9.59 Å². The number of carbonyl (C=O) groups excluding carboxylic acids is 2. The molecule has 0 atom stereocenters. The quantitative estimate of drug-likeness (QED) is 0.229. The van der Waals surface area contributed by atoms with E-state index < -0.39 is 5.97 Å². The summed E-state index contributed by atoms with van der Waals surface area (Å²) in [5.74, 6) is -0.837. The zero-order valence-corrected chi connectivity index (χ0v) is 13.1. The fraction of sp³-hybridized carbons (Fsp3) is 0.750. The second-order valence-electron chi connectivity index (χ2n) is 4.78. The molecular weight excluding hydrogens is 375 g/mol. The van der Waals surface area contributed by atoms with Gasteiger partial charge in [0.1, 0.15) is 0 Å². The molecule has 0 fully saturated rings. The number of hydrogen-bond acceptors (Lipinski definition) is 4. The first-order chi connectivity index (χ1) is 9.65. The van der Waals surface area contributed by atoms with Crippen molar-refractivity contribution in [1.29, 1.82) is 0 Å². The molecule has 5 heteroatoms. The van der Waals surface area contributed by atoms with E-state index in [0.717, 1.165) is 38.5 Å². The molecule has 0 unspecified atom stereocenters.